The Morgan fingerprint density at radius 2 is 1.68 bits per heavy atom. The highest BCUT2D eigenvalue weighted by atomic mass is 35.5. The van der Waals surface area contributed by atoms with Crippen molar-refractivity contribution in [2.75, 3.05) is 5.73 Å². The Bertz CT molecular complexity index is 962. The van der Waals surface area contributed by atoms with E-state index in [1.165, 1.54) is 0 Å². The molecule has 112 valence electrons. The van der Waals surface area contributed by atoms with Crippen LogP contribution in [0.25, 0.3) is 33.2 Å². The summed E-state index contributed by atoms with van der Waals surface area (Å²) in [5.41, 5.74) is 8.87. The van der Waals surface area contributed by atoms with Crippen molar-refractivity contribution < 1.29 is 8.83 Å². The van der Waals surface area contributed by atoms with Gasteiger partial charge in [-0.1, -0.05) is 11.6 Å². The molecule has 0 saturated heterocycles. The van der Waals surface area contributed by atoms with Crippen LogP contribution in [0, 0.1) is 13.8 Å². The molecule has 0 aliphatic heterocycles. The number of nitrogen functional groups attached to an aromatic ring is 1. The van der Waals surface area contributed by atoms with Gasteiger partial charge in [-0.2, -0.15) is 5.10 Å². The van der Waals surface area contributed by atoms with Crippen LogP contribution in [-0.4, -0.2) is 9.78 Å². The second-order valence-corrected chi connectivity index (χ2v) is 5.84. The number of aryl methyl sites for hydroxylation is 3. The molecule has 0 unspecified atom stereocenters. The molecule has 0 atom stereocenters. The van der Waals surface area contributed by atoms with E-state index in [0.717, 1.165) is 33.6 Å². The van der Waals surface area contributed by atoms with E-state index in [1.807, 2.05) is 32.0 Å². The lowest BCUT2D eigenvalue weighted by Gasteiger charge is -2.03. The summed E-state index contributed by atoms with van der Waals surface area (Å²) in [5.74, 6) is 2.15. The van der Waals surface area contributed by atoms with Crippen molar-refractivity contribution in [2.45, 2.75) is 13.8 Å². The third kappa shape index (κ3) is 1.69. The van der Waals surface area contributed by atoms with Gasteiger partial charge >= 0.3 is 0 Å². The highest BCUT2D eigenvalue weighted by Crippen LogP contribution is 2.43. The summed E-state index contributed by atoms with van der Waals surface area (Å²) in [4.78, 5) is 0. The molecule has 0 saturated carbocycles. The molecular formula is C16H14ClN3O2. The molecule has 0 bridgehead atoms. The second-order valence-electron chi connectivity index (χ2n) is 5.47. The minimum absolute atomic E-state index is 0.558. The van der Waals surface area contributed by atoms with Gasteiger partial charge in [0.05, 0.1) is 16.3 Å². The van der Waals surface area contributed by atoms with Crippen LogP contribution in [0.2, 0.25) is 5.02 Å². The molecule has 3 aromatic heterocycles. The number of hydrogen-bond donors (Lipinski definition) is 1. The van der Waals surface area contributed by atoms with Crippen LogP contribution in [0.15, 0.2) is 27.0 Å². The number of furan rings is 2. The van der Waals surface area contributed by atoms with E-state index < -0.39 is 0 Å². The van der Waals surface area contributed by atoms with Crippen molar-refractivity contribution in [3.63, 3.8) is 0 Å². The fourth-order valence-electron chi connectivity index (χ4n) is 2.83. The van der Waals surface area contributed by atoms with E-state index in [-0.39, 0.29) is 0 Å². The van der Waals surface area contributed by atoms with Crippen molar-refractivity contribution in [3.8, 4) is 11.3 Å². The molecule has 4 aromatic rings. The van der Waals surface area contributed by atoms with Crippen molar-refractivity contribution in [2.24, 2.45) is 7.05 Å². The van der Waals surface area contributed by atoms with E-state index in [0.29, 0.717) is 22.0 Å². The maximum atomic E-state index is 6.49. The van der Waals surface area contributed by atoms with E-state index >= 15 is 0 Å². The molecule has 22 heavy (non-hydrogen) atoms. The fraction of sp³-hybridized carbons (Fsp3) is 0.188. The van der Waals surface area contributed by atoms with Gasteiger partial charge in [-0.05, 0) is 26.0 Å². The summed E-state index contributed by atoms with van der Waals surface area (Å²) in [6, 6.07) is 5.67. The molecule has 0 amide bonds. The van der Waals surface area contributed by atoms with Crippen molar-refractivity contribution in [1.29, 1.82) is 0 Å². The smallest absolute Gasteiger partial charge is 0.154 e. The zero-order chi connectivity index (χ0) is 15.6. The van der Waals surface area contributed by atoms with Gasteiger partial charge in [0, 0.05) is 23.9 Å². The number of halogens is 1. The van der Waals surface area contributed by atoms with Gasteiger partial charge in [0.2, 0.25) is 0 Å². The zero-order valence-electron chi connectivity index (χ0n) is 12.4. The van der Waals surface area contributed by atoms with Crippen LogP contribution >= 0.6 is 11.6 Å². The predicted octanol–water partition coefficient (Wildman–Crippen LogP) is 4.43. The Balaban J connectivity index is 2.23. The van der Waals surface area contributed by atoms with E-state index in [1.54, 1.807) is 11.7 Å². The summed E-state index contributed by atoms with van der Waals surface area (Å²) >= 11 is 6.49. The number of hydrogen-bond acceptors (Lipinski definition) is 4. The van der Waals surface area contributed by atoms with Gasteiger partial charge in [-0.15, -0.1) is 0 Å². The summed E-state index contributed by atoms with van der Waals surface area (Å²) in [5, 5.41) is 6.73. The van der Waals surface area contributed by atoms with Crippen molar-refractivity contribution in [3.05, 3.63) is 34.7 Å². The average Bonchev–Trinajstić information content (AvgIpc) is 3.10. The summed E-state index contributed by atoms with van der Waals surface area (Å²) < 4.78 is 13.3. The molecule has 0 aliphatic carbocycles. The standard InChI is InChI=1S/C16H14ClN3O2/c1-7-4-9-13(11-6-12(18)20(3)19-11)15-10(5-8(2)21-15)14(17)16(9)22-7/h4-6H,18H2,1-3H3. The SMILES string of the molecule is Cc1cc2c(-c3cc(N)n(C)n3)c3oc(C)cc3c(Cl)c2o1. The molecule has 0 radical (unpaired) electrons. The molecule has 0 fully saturated rings. The monoisotopic (exact) mass is 315 g/mol. The van der Waals surface area contributed by atoms with Gasteiger partial charge in [0.25, 0.3) is 0 Å². The largest absolute Gasteiger partial charge is 0.461 e. The first-order valence-electron chi connectivity index (χ1n) is 6.87. The molecular weight excluding hydrogens is 302 g/mol. The molecule has 1 aromatic carbocycles. The summed E-state index contributed by atoms with van der Waals surface area (Å²) in [6.07, 6.45) is 0. The van der Waals surface area contributed by atoms with Gasteiger partial charge < -0.3 is 14.6 Å². The first-order chi connectivity index (χ1) is 10.5. The average molecular weight is 316 g/mol. The van der Waals surface area contributed by atoms with Crippen LogP contribution in [0.3, 0.4) is 0 Å². The van der Waals surface area contributed by atoms with Gasteiger partial charge in [0.15, 0.2) is 5.58 Å². The fourth-order valence-corrected chi connectivity index (χ4v) is 3.11. The number of fused-ring (bicyclic) bond motifs is 2. The maximum Gasteiger partial charge on any atom is 0.154 e. The van der Waals surface area contributed by atoms with E-state index in [4.69, 9.17) is 26.2 Å². The first-order valence-corrected chi connectivity index (χ1v) is 7.25. The lowest BCUT2D eigenvalue weighted by Crippen LogP contribution is -1.96. The lowest BCUT2D eigenvalue weighted by molar-refractivity contribution is 0.576. The Morgan fingerprint density at radius 1 is 1.05 bits per heavy atom. The highest BCUT2D eigenvalue weighted by Gasteiger charge is 2.22. The Labute approximate surface area is 131 Å². The van der Waals surface area contributed by atoms with Gasteiger partial charge in [-0.3, -0.25) is 4.68 Å². The van der Waals surface area contributed by atoms with E-state index in [9.17, 15) is 0 Å². The number of nitrogens with two attached hydrogens (primary N) is 1. The van der Waals surface area contributed by atoms with Crippen LogP contribution in [0.1, 0.15) is 11.5 Å². The highest BCUT2D eigenvalue weighted by molar-refractivity contribution is 6.41. The topological polar surface area (TPSA) is 70.1 Å². The van der Waals surface area contributed by atoms with Crippen LogP contribution < -0.4 is 5.73 Å². The first kappa shape index (κ1) is 13.3. The third-order valence-corrected chi connectivity index (χ3v) is 4.19. The summed E-state index contributed by atoms with van der Waals surface area (Å²) in [6.45, 7) is 3.78. The zero-order valence-corrected chi connectivity index (χ0v) is 13.2. The maximum absolute atomic E-state index is 6.49. The predicted molar refractivity (Wildman–Crippen MR) is 87.1 cm³/mol. The number of aromatic nitrogens is 2. The quantitative estimate of drug-likeness (QED) is 0.564. The number of benzene rings is 1. The van der Waals surface area contributed by atoms with Crippen molar-refractivity contribution >= 4 is 39.4 Å². The minimum Gasteiger partial charge on any atom is -0.461 e. The molecule has 5 nitrogen and oxygen atoms in total. The Morgan fingerprint density at radius 3 is 2.32 bits per heavy atom. The van der Waals surface area contributed by atoms with Crippen LogP contribution in [0.4, 0.5) is 5.82 Å². The lowest BCUT2D eigenvalue weighted by atomic mass is 10.0. The Kier molecular flexibility index (Phi) is 2.60. The number of anilines is 1. The molecule has 2 N–H and O–H groups in total. The summed E-state index contributed by atoms with van der Waals surface area (Å²) in [7, 11) is 1.80. The third-order valence-electron chi connectivity index (χ3n) is 3.81. The van der Waals surface area contributed by atoms with Gasteiger partial charge in [-0.25, -0.2) is 0 Å². The number of rotatable bonds is 1. The van der Waals surface area contributed by atoms with Crippen molar-refractivity contribution in [1.82, 2.24) is 9.78 Å². The normalized spacial score (nSPS) is 11.8. The van der Waals surface area contributed by atoms with E-state index in [2.05, 4.69) is 5.10 Å². The molecule has 3 heterocycles. The Hall–Kier alpha value is -2.40. The minimum atomic E-state index is 0.558. The molecule has 6 heteroatoms. The second kappa shape index (κ2) is 4.30. The molecule has 4 rings (SSSR count). The molecule has 0 aliphatic rings. The number of nitrogens with zero attached hydrogens (tertiary/aromatic N) is 2. The van der Waals surface area contributed by atoms with Crippen LogP contribution in [-0.2, 0) is 7.05 Å². The molecule has 0 spiro atoms. The van der Waals surface area contributed by atoms with Gasteiger partial charge in [0.1, 0.15) is 22.9 Å². The van der Waals surface area contributed by atoms with Crippen LogP contribution in [0.5, 0.6) is 0 Å².